The fraction of sp³-hybridized carbons (Fsp3) is 0.0417. The molecule has 3 aromatic rings. The molecular weight excluding hydrogens is 485 g/mol. The Balaban J connectivity index is 0.00000113. The monoisotopic (exact) mass is 501 g/mol. The van der Waals surface area contributed by atoms with Gasteiger partial charge in [-0.2, -0.15) is 0 Å². The van der Waals surface area contributed by atoms with Crippen LogP contribution >= 0.6 is 0 Å². The summed E-state index contributed by atoms with van der Waals surface area (Å²) in [7, 11) is 0. The molecule has 0 heterocycles. The summed E-state index contributed by atoms with van der Waals surface area (Å²) in [6.07, 6.45) is 8.08. The average molecular weight is 501 g/mol. The molecule has 0 unspecified atom stereocenters. The maximum absolute atomic E-state index is 7.09. The second-order valence-corrected chi connectivity index (χ2v) is 5.66. The molecule has 0 nitrogen and oxygen atoms in total. The Bertz CT molecular complexity index is 993. The largest absolute Gasteiger partial charge is 0.366 e. The van der Waals surface area contributed by atoms with E-state index >= 15 is 0 Å². The zero-order valence-electron chi connectivity index (χ0n) is 13.9. The van der Waals surface area contributed by atoms with Crippen LogP contribution in [0.5, 0.6) is 0 Å². The summed E-state index contributed by atoms with van der Waals surface area (Å²) < 4.78 is 0. The molecule has 0 N–H and O–H groups in total. The molecule has 25 heavy (non-hydrogen) atoms. The minimum absolute atomic E-state index is 0. The van der Waals surface area contributed by atoms with E-state index in [1.165, 1.54) is 22.3 Å². The molecule has 0 bridgehead atoms. The van der Waals surface area contributed by atoms with E-state index in [9.17, 15) is 0 Å². The van der Waals surface area contributed by atoms with Crippen molar-refractivity contribution in [3.05, 3.63) is 108 Å². The molecule has 0 fully saturated rings. The Morgan fingerprint density at radius 2 is 1.28 bits per heavy atom. The Kier molecular flexibility index (Phi) is 6.08. The molecule has 3 aromatic carbocycles. The molecule has 1 heteroatoms. The van der Waals surface area contributed by atoms with Crippen molar-refractivity contribution < 1.29 is 22.4 Å². The van der Waals surface area contributed by atoms with E-state index in [4.69, 9.17) is 6.42 Å². The maximum atomic E-state index is 7.09. The number of benzene rings is 3. The van der Waals surface area contributed by atoms with Gasteiger partial charge in [0.2, 0.25) is 0 Å². The first-order valence-electron chi connectivity index (χ1n) is 7.59. The quantitative estimate of drug-likeness (QED) is 0.180. The van der Waals surface area contributed by atoms with Crippen LogP contribution in [-0.2, 0) is 28.8 Å². The van der Waals surface area contributed by atoms with Gasteiger partial charge in [0, 0.05) is 33.5 Å². The molecule has 0 saturated carbocycles. The molecule has 0 spiro atoms. The van der Waals surface area contributed by atoms with Gasteiger partial charge < -0.3 is 13.9 Å². The van der Waals surface area contributed by atoms with Gasteiger partial charge in [-0.05, 0) is 40.8 Å². The normalized spacial score (nSPS) is 10.0. The SMILES string of the molecule is [Au].[C-]#Cc1ccc(C#Cc2ccc3c(c2)Cc2ccccc2-3)cc1.[CH3-]. The summed E-state index contributed by atoms with van der Waals surface area (Å²) in [6.45, 7) is 0. The zero-order valence-corrected chi connectivity index (χ0v) is 16.0. The zero-order chi connectivity index (χ0) is 15.6. The van der Waals surface area contributed by atoms with E-state index in [-0.39, 0.29) is 29.8 Å². The van der Waals surface area contributed by atoms with Crippen LogP contribution in [-0.4, -0.2) is 0 Å². The molecular formula is C24H16Au-2. The van der Waals surface area contributed by atoms with Crippen molar-refractivity contribution in [2.24, 2.45) is 0 Å². The molecule has 0 amide bonds. The number of fused-ring (bicyclic) bond motifs is 3. The van der Waals surface area contributed by atoms with Gasteiger partial charge in [-0.3, -0.25) is 5.92 Å². The van der Waals surface area contributed by atoms with E-state index in [2.05, 4.69) is 60.2 Å². The molecule has 1 radical (unpaired) electrons. The Morgan fingerprint density at radius 1 is 0.680 bits per heavy atom. The summed E-state index contributed by atoms with van der Waals surface area (Å²) in [4.78, 5) is 0. The minimum Gasteiger partial charge on any atom is -0.366 e. The van der Waals surface area contributed by atoms with Gasteiger partial charge in [0.15, 0.2) is 0 Å². The molecule has 1 aliphatic rings. The maximum Gasteiger partial charge on any atom is 0.0252 e. The summed E-state index contributed by atoms with van der Waals surface area (Å²) in [5, 5.41) is 0. The minimum atomic E-state index is 0. The van der Waals surface area contributed by atoms with Gasteiger partial charge >= 0.3 is 0 Å². The first-order valence-corrected chi connectivity index (χ1v) is 7.59. The van der Waals surface area contributed by atoms with Crippen LogP contribution in [0.25, 0.3) is 11.1 Å². The van der Waals surface area contributed by atoms with Crippen molar-refractivity contribution >= 4 is 0 Å². The number of hydrogen-bond acceptors (Lipinski definition) is 0. The van der Waals surface area contributed by atoms with E-state index in [0.29, 0.717) is 0 Å². The van der Waals surface area contributed by atoms with Crippen molar-refractivity contribution in [3.63, 3.8) is 0 Å². The van der Waals surface area contributed by atoms with E-state index < -0.39 is 0 Å². The molecule has 0 atom stereocenters. The van der Waals surface area contributed by atoms with Crippen LogP contribution in [0.3, 0.4) is 0 Å². The van der Waals surface area contributed by atoms with Crippen LogP contribution in [0.1, 0.15) is 27.8 Å². The molecule has 0 saturated heterocycles. The van der Waals surface area contributed by atoms with Crippen molar-refractivity contribution in [1.29, 1.82) is 0 Å². The van der Waals surface area contributed by atoms with Gasteiger partial charge in [-0.1, -0.05) is 54.3 Å². The molecule has 4 rings (SSSR count). The summed E-state index contributed by atoms with van der Waals surface area (Å²) in [5.74, 6) is 8.79. The fourth-order valence-electron chi connectivity index (χ4n) is 3.00. The van der Waals surface area contributed by atoms with E-state index in [1.54, 1.807) is 0 Å². The molecule has 0 aliphatic heterocycles. The Hall–Kier alpha value is -2.48. The number of hydrogen-bond donors (Lipinski definition) is 0. The van der Waals surface area contributed by atoms with Gasteiger partial charge in [-0.25, -0.2) is 0 Å². The van der Waals surface area contributed by atoms with Crippen LogP contribution < -0.4 is 0 Å². The van der Waals surface area contributed by atoms with Crippen molar-refractivity contribution in [3.8, 4) is 28.9 Å². The van der Waals surface area contributed by atoms with Crippen LogP contribution in [0.2, 0.25) is 0 Å². The van der Waals surface area contributed by atoms with Gasteiger partial charge in [-0.15, -0.1) is 17.7 Å². The summed E-state index contributed by atoms with van der Waals surface area (Å²) >= 11 is 0. The smallest absolute Gasteiger partial charge is 0.0252 e. The topological polar surface area (TPSA) is 0 Å². The third kappa shape index (κ3) is 3.79. The van der Waals surface area contributed by atoms with Crippen molar-refractivity contribution in [2.45, 2.75) is 6.42 Å². The van der Waals surface area contributed by atoms with Gasteiger partial charge in [0.05, 0.1) is 0 Å². The van der Waals surface area contributed by atoms with E-state index in [0.717, 1.165) is 23.1 Å². The van der Waals surface area contributed by atoms with Crippen molar-refractivity contribution in [2.75, 3.05) is 0 Å². The second kappa shape index (κ2) is 8.06. The van der Waals surface area contributed by atoms with Crippen molar-refractivity contribution in [1.82, 2.24) is 0 Å². The first-order chi connectivity index (χ1) is 11.3. The summed E-state index contributed by atoms with van der Waals surface area (Å²) in [6, 6.07) is 22.6. The predicted molar refractivity (Wildman–Crippen MR) is 99.8 cm³/mol. The molecule has 1 aliphatic carbocycles. The summed E-state index contributed by atoms with van der Waals surface area (Å²) in [5.41, 5.74) is 8.19. The van der Waals surface area contributed by atoms with E-state index in [1.807, 2.05) is 24.3 Å². The Morgan fingerprint density at radius 3 is 2.04 bits per heavy atom. The third-order valence-corrected chi connectivity index (χ3v) is 4.17. The fourth-order valence-corrected chi connectivity index (χ4v) is 3.00. The van der Waals surface area contributed by atoms with Gasteiger partial charge in [0.1, 0.15) is 0 Å². The average Bonchev–Trinajstić information content (AvgIpc) is 2.98. The Labute approximate surface area is 165 Å². The second-order valence-electron chi connectivity index (χ2n) is 5.66. The van der Waals surface area contributed by atoms with Crippen LogP contribution in [0, 0.1) is 31.6 Å². The van der Waals surface area contributed by atoms with Crippen LogP contribution in [0.15, 0.2) is 66.7 Å². The first kappa shape index (κ1) is 18.9. The third-order valence-electron chi connectivity index (χ3n) is 4.17. The van der Waals surface area contributed by atoms with Gasteiger partial charge in [0.25, 0.3) is 0 Å². The standard InChI is InChI=1S/C23H13.CH3.Au/c1-2-17-7-9-18(10-8-17)11-12-19-13-14-23-21(15-19)16-20-5-3-4-6-22(20)23;;/h3-10,13-15H,16H2;1H3;/q2*-1;. The predicted octanol–water partition coefficient (Wildman–Crippen LogP) is 5.04. The molecule has 0 aromatic heterocycles. The molecule has 125 valence electrons. The number of rotatable bonds is 0. The van der Waals surface area contributed by atoms with Crippen LogP contribution in [0.4, 0.5) is 0 Å².